The zero-order valence-electron chi connectivity index (χ0n) is 10.2. The Labute approximate surface area is 108 Å². The van der Waals surface area contributed by atoms with Crippen molar-refractivity contribution < 1.29 is 4.79 Å². The Hall–Kier alpha value is -1.83. The Bertz CT molecular complexity index is 554. The summed E-state index contributed by atoms with van der Waals surface area (Å²) < 4.78 is 1.90. The van der Waals surface area contributed by atoms with Gasteiger partial charge in [-0.2, -0.15) is 0 Å². The Morgan fingerprint density at radius 1 is 1.44 bits per heavy atom. The molecule has 0 unspecified atom stereocenters. The summed E-state index contributed by atoms with van der Waals surface area (Å²) in [6.45, 7) is 1.14. The molecule has 0 aromatic carbocycles. The van der Waals surface area contributed by atoms with Crippen LogP contribution in [-0.4, -0.2) is 45.4 Å². The van der Waals surface area contributed by atoms with Gasteiger partial charge in [-0.1, -0.05) is 0 Å². The molecule has 0 saturated heterocycles. The predicted molar refractivity (Wildman–Crippen MR) is 69.6 cm³/mol. The topological polar surface area (TPSA) is 84.7 Å². The third-order valence-corrected chi connectivity index (χ3v) is 3.11. The van der Waals surface area contributed by atoms with E-state index in [-0.39, 0.29) is 6.03 Å². The minimum Gasteiger partial charge on any atom is -0.341 e. The molecule has 2 N–H and O–H groups in total. The van der Waals surface area contributed by atoms with Gasteiger partial charge < -0.3 is 15.2 Å². The fourth-order valence-electron chi connectivity index (χ4n) is 1.55. The second-order valence-electron chi connectivity index (χ2n) is 3.50. The Morgan fingerprint density at radius 3 is 3.00 bits per heavy atom. The van der Waals surface area contributed by atoms with Crippen molar-refractivity contribution in [1.82, 2.24) is 30.2 Å². The second-order valence-corrected chi connectivity index (χ2v) is 4.29. The van der Waals surface area contributed by atoms with Crippen LogP contribution in [0.15, 0.2) is 17.7 Å². The van der Waals surface area contributed by atoms with Gasteiger partial charge in [-0.15, -0.1) is 11.8 Å². The number of hydrogen-bond acceptors (Lipinski definition) is 5. The van der Waals surface area contributed by atoms with Crippen molar-refractivity contribution in [3.63, 3.8) is 0 Å². The van der Waals surface area contributed by atoms with Gasteiger partial charge >= 0.3 is 6.03 Å². The van der Waals surface area contributed by atoms with Gasteiger partial charge in [0.2, 0.25) is 0 Å². The van der Waals surface area contributed by atoms with Gasteiger partial charge in [0.25, 0.3) is 0 Å². The molecule has 2 aromatic heterocycles. The standard InChI is InChI=1S/C10H14N6OS/c1-11-10(17)12-3-4-16-6-15-7-8(16)13-5-14-9(7)18-2/h5-6H,3-4H2,1-2H3,(H2,11,12,17). The summed E-state index contributed by atoms with van der Waals surface area (Å²) in [7, 11) is 1.58. The van der Waals surface area contributed by atoms with Gasteiger partial charge in [0, 0.05) is 20.1 Å². The summed E-state index contributed by atoms with van der Waals surface area (Å²) in [6, 6.07) is -0.196. The molecular weight excluding hydrogens is 252 g/mol. The highest BCUT2D eigenvalue weighted by Crippen LogP contribution is 2.20. The van der Waals surface area contributed by atoms with E-state index in [2.05, 4.69) is 25.6 Å². The molecule has 96 valence electrons. The maximum Gasteiger partial charge on any atom is 0.314 e. The fourth-order valence-corrected chi connectivity index (χ4v) is 2.04. The number of nitrogens with one attached hydrogen (secondary N) is 2. The lowest BCUT2D eigenvalue weighted by atomic mass is 10.5. The third kappa shape index (κ3) is 2.53. The number of thioether (sulfide) groups is 1. The van der Waals surface area contributed by atoms with Crippen LogP contribution in [0.2, 0.25) is 0 Å². The quantitative estimate of drug-likeness (QED) is 0.621. The van der Waals surface area contributed by atoms with Gasteiger partial charge in [-0.3, -0.25) is 0 Å². The number of nitrogens with zero attached hydrogens (tertiary/aromatic N) is 4. The van der Waals surface area contributed by atoms with E-state index >= 15 is 0 Å². The smallest absolute Gasteiger partial charge is 0.314 e. The highest BCUT2D eigenvalue weighted by Gasteiger charge is 2.08. The predicted octanol–water partition coefficient (Wildman–Crippen LogP) is 0.477. The van der Waals surface area contributed by atoms with Crippen LogP contribution in [0.4, 0.5) is 4.79 Å². The molecule has 0 atom stereocenters. The van der Waals surface area contributed by atoms with Crippen LogP contribution in [0.25, 0.3) is 11.2 Å². The molecule has 2 heterocycles. The van der Waals surface area contributed by atoms with Crippen molar-refractivity contribution in [3.05, 3.63) is 12.7 Å². The molecular formula is C10H14N6OS. The summed E-state index contributed by atoms with van der Waals surface area (Å²) in [4.78, 5) is 23.7. The molecule has 2 rings (SSSR count). The molecule has 0 aliphatic heterocycles. The number of aromatic nitrogens is 4. The zero-order valence-corrected chi connectivity index (χ0v) is 11.0. The number of hydrogen-bond donors (Lipinski definition) is 2. The van der Waals surface area contributed by atoms with Gasteiger partial charge in [0.1, 0.15) is 16.9 Å². The number of imidazole rings is 1. The van der Waals surface area contributed by atoms with Crippen LogP contribution in [0.1, 0.15) is 0 Å². The Kier molecular flexibility index (Phi) is 3.98. The van der Waals surface area contributed by atoms with Crippen molar-refractivity contribution >= 4 is 29.0 Å². The van der Waals surface area contributed by atoms with E-state index in [1.54, 1.807) is 13.4 Å². The van der Waals surface area contributed by atoms with Crippen molar-refractivity contribution in [2.75, 3.05) is 19.8 Å². The van der Waals surface area contributed by atoms with E-state index in [9.17, 15) is 4.79 Å². The highest BCUT2D eigenvalue weighted by molar-refractivity contribution is 7.98. The van der Waals surface area contributed by atoms with Crippen LogP contribution in [0.5, 0.6) is 0 Å². The molecule has 0 bridgehead atoms. The van der Waals surface area contributed by atoms with Crippen LogP contribution in [-0.2, 0) is 6.54 Å². The second kappa shape index (κ2) is 5.67. The summed E-state index contributed by atoms with van der Waals surface area (Å²) in [5.74, 6) is 0. The van der Waals surface area contributed by atoms with Crippen molar-refractivity contribution in [2.24, 2.45) is 0 Å². The molecule has 0 aliphatic rings. The van der Waals surface area contributed by atoms with E-state index in [0.29, 0.717) is 13.1 Å². The summed E-state index contributed by atoms with van der Waals surface area (Å²) in [6.07, 6.45) is 5.19. The first-order valence-electron chi connectivity index (χ1n) is 5.41. The molecule has 2 aromatic rings. The Morgan fingerprint density at radius 2 is 2.28 bits per heavy atom. The fraction of sp³-hybridized carbons (Fsp3) is 0.400. The number of carbonyl (C=O) groups excluding carboxylic acids is 1. The van der Waals surface area contributed by atoms with E-state index in [1.165, 1.54) is 18.1 Å². The average Bonchev–Trinajstić information content (AvgIpc) is 2.82. The monoisotopic (exact) mass is 266 g/mol. The molecule has 7 nitrogen and oxygen atoms in total. The molecule has 2 amide bonds. The maximum absolute atomic E-state index is 11.0. The average molecular weight is 266 g/mol. The number of amides is 2. The molecule has 0 radical (unpaired) electrons. The summed E-state index contributed by atoms with van der Waals surface area (Å²) in [5, 5.41) is 6.07. The molecule has 18 heavy (non-hydrogen) atoms. The first-order valence-corrected chi connectivity index (χ1v) is 6.64. The lowest BCUT2D eigenvalue weighted by Gasteiger charge is -2.05. The van der Waals surface area contributed by atoms with Crippen LogP contribution < -0.4 is 10.6 Å². The van der Waals surface area contributed by atoms with Crippen molar-refractivity contribution in [3.8, 4) is 0 Å². The molecule has 0 saturated carbocycles. The lowest BCUT2D eigenvalue weighted by Crippen LogP contribution is -2.34. The van der Waals surface area contributed by atoms with Crippen molar-refractivity contribution in [1.29, 1.82) is 0 Å². The van der Waals surface area contributed by atoms with Crippen LogP contribution >= 0.6 is 11.8 Å². The third-order valence-electron chi connectivity index (χ3n) is 2.43. The van der Waals surface area contributed by atoms with E-state index in [4.69, 9.17) is 0 Å². The van der Waals surface area contributed by atoms with Crippen LogP contribution in [0.3, 0.4) is 0 Å². The summed E-state index contributed by atoms with van der Waals surface area (Å²) >= 11 is 1.54. The van der Waals surface area contributed by atoms with Crippen LogP contribution in [0, 0.1) is 0 Å². The van der Waals surface area contributed by atoms with Gasteiger partial charge in [0.05, 0.1) is 6.33 Å². The molecule has 0 aliphatic carbocycles. The van der Waals surface area contributed by atoms with Crippen molar-refractivity contribution in [2.45, 2.75) is 11.6 Å². The largest absolute Gasteiger partial charge is 0.341 e. The van der Waals surface area contributed by atoms with Gasteiger partial charge in [-0.25, -0.2) is 19.7 Å². The van der Waals surface area contributed by atoms with Gasteiger partial charge in [0.15, 0.2) is 5.65 Å². The first-order chi connectivity index (χ1) is 8.76. The highest BCUT2D eigenvalue weighted by atomic mass is 32.2. The van der Waals surface area contributed by atoms with E-state index in [0.717, 1.165) is 16.2 Å². The SMILES string of the molecule is CNC(=O)NCCn1cnc2c(SC)ncnc21. The molecule has 0 fully saturated rings. The number of rotatable bonds is 4. The maximum atomic E-state index is 11.0. The zero-order chi connectivity index (χ0) is 13.0. The number of urea groups is 1. The molecule has 8 heteroatoms. The van der Waals surface area contributed by atoms with Gasteiger partial charge in [-0.05, 0) is 6.26 Å². The molecule has 0 spiro atoms. The normalized spacial score (nSPS) is 10.6. The Balaban J connectivity index is 2.12. The summed E-state index contributed by atoms with van der Waals surface area (Å²) in [5.41, 5.74) is 1.58. The van der Waals surface area contributed by atoms with E-state index in [1.807, 2.05) is 10.8 Å². The lowest BCUT2D eigenvalue weighted by molar-refractivity contribution is 0.242. The number of carbonyl (C=O) groups is 1. The minimum atomic E-state index is -0.196. The minimum absolute atomic E-state index is 0.196. The first kappa shape index (κ1) is 12.6. The number of fused-ring (bicyclic) bond motifs is 1. The van der Waals surface area contributed by atoms with E-state index < -0.39 is 0 Å².